The van der Waals surface area contributed by atoms with Crippen LogP contribution in [0.25, 0.3) is 0 Å². The van der Waals surface area contributed by atoms with E-state index in [0.717, 1.165) is 5.46 Å². The zero-order valence-corrected chi connectivity index (χ0v) is 9.90. The molecule has 0 bridgehead atoms. The molecule has 1 aromatic carbocycles. The van der Waals surface area contributed by atoms with E-state index in [1.165, 1.54) is 12.1 Å². The van der Waals surface area contributed by atoms with E-state index in [9.17, 15) is 13.2 Å². The summed E-state index contributed by atoms with van der Waals surface area (Å²) in [5.41, 5.74) is -2.75. The minimum atomic E-state index is -4.27. The average Bonchev–Trinajstić information content (AvgIpc) is 2.72. The maximum atomic E-state index is 12.3. The third-order valence-corrected chi connectivity index (χ3v) is 3.08. The largest absolute Gasteiger partial charge is 0.446 e. The van der Waals surface area contributed by atoms with Crippen LogP contribution in [-0.4, -0.2) is 26.6 Å². The maximum Gasteiger partial charge on any atom is 0.446 e. The Morgan fingerprint density at radius 2 is 1.88 bits per heavy atom. The van der Waals surface area contributed by atoms with Gasteiger partial charge in [-0.3, -0.25) is 0 Å². The van der Waals surface area contributed by atoms with E-state index >= 15 is 0 Å². The second kappa shape index (κ2) is 4.92. The van der Waals surface area contributed by atoms with Crippen molar-refractivity contribution < 1.29 is 22.6 Å². The lowest BCUT2D eigenvalue weighted by Gasteiger charge is -2.14. The van der Waals surface area contributed by atoms with Crippen molar-refractivity contribution in [1.29, 1.82) is 0 Å². The van der Waals surface area contributed by atoms with Gasteiger partial charge in [-0.1, -0.05) is 11.5 Å². The Bertz CT molecular complexity index is 405. The predicted octanol–water partition coefficient (Wildman–Crippen LogP) is 1.60. The van der Waals surface area contributed by atoms with Gasteiger partial charge in [0.25, 0.3) is 0 Å². The number of thioether (sulfide) groups is 1. The van der Waals surface area contributed by atoms with Crippen molar-refractivity contribution in [2.45, 2.75) is 16.7 Å². The second-order valence-corrected chi connectivity index (χ2v) is 4.78. The molecule has 0 radical (unpaired) electrons. The van der Waals surface area contributed by atoms with Crippen molar-refractivity contribution in [2.24, 2.45) is 0 Å². The molecule has 17 heavy (non-hydrogen) atoms. The monoisotopic (exact) mass is 262 g/mol. The third kappa shape index (κ3) is 3.40. The molecule has 0 aliphatic carbocycles. The van der Waals surface area contributed by atoms with Crippen LogP contribution in [0.5, 0.6) is 0 Å². The normalized spacial score (nSPS) is 17.6. The molecule has 92 valence electrons. The minimum absolute atomic E-state index is 0.129. The molecule has 0 aromatic heterocycles. The van der Waals surface area contributed by atoms with Gasteiger partial charge >= 0.3 is 5.51 Å². The molecule has 1 aromatic rings. The molecule has 1 aliphatic rings. The highest BCUT2D eigenvalue weighted by Crippen LogP contribution is 2.37. The van der Waals surface area contributed by atoms with Gasteiger partial charge in [-0.05, 0) is 23.9 Å². The lowest BCUT2D eigenvalue weighted by molar-refractivity contribution is -0.0436. The van der Waals surface area contributed by atoms with Gasteiger partial charge in [0.15, 0.2) is 6.29 Å². The number of halogens is 3. The van der Waals surface area contributed by atoms with Gasteiger partial charge in [0.05, 0.1) is 13.2 Å². The van der Waals surface area contributed by atoms with Crippen LogP contribution < -0.4 is 5.46 Å². The molecule has 1 saturated heterocycles. The Balaban J connectivity index is 2.22. The summed E-state index contributed by atoms with van der Waals surface area (Å²) < 4.78 is 47.3. The molecule has 0 unspecified atom stereocenters. The summed E-state index contributed by atoms with van der Waals surface area (Å²) >= 11 is -0.129. The highest BCUT2D eigenvalue weighted by Gasteiger charge is 2.30. The molecule has 2 rings (SSSR count). The Labute approximate surface area is 102 Å². The van der Waals surface area contributed by atoms with Crippen molar-refractivity contribution in [3.05, 3.63) is 23.8 Å². The second-order valence-electron chi connectivity index (χ2n) is 3.64. The van der Waals surface area contributed by atoms with E-state index in [4.69, 9.17) is 9.47 Å². The summed E-state index contributed by atoms with van der Waals surface area (Å²) in [6, 6.07) is 4.57. The maximum absolute atomic E-state index is 12.3. The molecular weight excluding hydrogens is 252 g/mol. The summed E-state index contributed by atoms with van der Waals surface area (Å²) in [6.07, 6.45) is -0.538. The van der Waals surface area contributed by atoms with E-state index in [1.54, 1.807) is 6.07 Å². The molecule has 1 heterocycles. The molecule has 0 spiro atoms. The predicted molar refractivity (Wildman–Crippen MR) is 61.2 cm³/mol. The van der Waals surface area contributed by atoms with Crippen LogP contribution >= 0.6 is 11.8 Å². The fraction of sp³-hybridized carbons (Fsp3) is 0.400. The molecule has 0 atom stereocenters. The van der Waals surface area contributed by atoms with Crippen LogP contribution in [0.15, 0.2) is 23.1 Å². The van der Waals surface area contributed by atoms with Crippen molar-refractivity contribution >= 4 is 25.1 Å². The first-order valence-electron chi connectivity index (χ1n) is 5.05. The molecular formula is C10H10BF3O2S. The Morgan fingerprint density at radius 1 is 1.24 bits per heavy atom. The molecule has 0 N–H and O–H groups in total. The zero-order chi connectivity index (χ0) is 12.5. The van der Waals surface area contributed by atoms with Crippen molar-refractivity contribution in [1.82, 2.24) is 0 Å². The van der Waals surface area contributed by atoms with E-state index in [-0.39, 0.29) is 16.7 Å². The number of benzene rings is 1. The van der Waals surface area contributed by atoms with Crippen molar-refractivity contribution in [3.63, 3.8) is 0 Å². The van der Waals surface area contributed by atoms with Gasteiger partial charge in [0.1, 0.15) is 7.85 Å². The van der Waals surface area contributed by atoms with E-state index < -0.39 is 11.8 Å². The summed E-state index contributed by atoms with van der Waals surface area (Å²) in [7, 11) is 1.82. The van der Waals surface area contributed by atoms with Gasteiger partial charge in [-0.2, -0.15) is 13.2 Å². The number of hydrogen-bond acceptors (Lipinski definition) is 3. The van der Waals surface area contributed by atoms with Crippen LogP contribution in [0.3, 0.4) is 0 Å². The summed E-state index contributed by atoms with van der Waals surface area (Å²) in [5, 5.41) is 0. The molecule has 0 saturated carbocycles. The van der Waals surface area contributed by atoms with Crippen LogP contribution in [-0.2, 0) is 9.47 Å². The zero-order valence-electron chi connectivity index (χ0n) is 9.08. The summed E-state index contributed by atoms with van der Waals surface area (Å²) in [5.74, 6) is 0. The fourth-order valence-corrected chi connectivity index (χ4v) is 2.20. The first-order valence-corrected chi connectivity index (χ1v) is 5.87. The lowest BCUT2D eigenvalue weighted by atomic mass is 9.90. The van der Waals surface area contributed by atoms with Crippen molar-refractivity contribution in [2.75, 3.05) is 13.2 Å². The molecule has 1 aliphatic heterocycles. The Kier molecular flexibility index (Phi) is 3.70. The van der Waals surface area contributed by atoms with Gasteiger partial charge in [0.2, 0.25) is 0 Å². The van der Waals surface area contributed by atoms with Crippen LogP contribution in [0.1, 0.15) is 11.9 Å². The standard InChI is InChI=1S/C10H10BF3O2S/c11-8-2-1-6(17-10(12,13)14)5-7(8)9-15-3-4-16-9/h1-2,5,9H,3-4,11H2. The van der Waals surface area contributed by atoms with Gasteiger partial charge < -0.3 is 9.47 Å². The smallest absolute Gasteiger partial charge is 0.346 e. The SMILES string of the molecule is Bc1ccc(SC(F)(F)F)cc1C1OCCO1. The van der Waals surface area contributed by atoms with Crippen LogP contribution in [0.4, 0.5) is 13.2 Å². The fourth-order valence-electron chi connectivity index (χ4n) is 1.61. The van der Waals surface area contributed by atoms with E-state index in [0.29, 0.717) is 18.8 Å². The molecule has 2 nitrogen and oxygen atoms in total. The third-order valence-electron chi connectivity index (χ3n) is 2.36. The summed E-state index contributed by atoms with van der Waals surface area (Å²) in [6.45, 7) is 0.946. The van der Waals surface area contributed by atoms with Crippen LogP contribution in [0, 0.1) is 0 Å². The number of rotatable bonds is 2. The topological polar surface area (TPSA) is 18.5 Å². The van der Waals surface area contributed by atoms with Gasteiger partial charge in [-0.25, -0.2) is 0 Å². The summed E-state index contributed by atoms with van der Waals surface area (Å²) in [4.78, 5) is 0.150. The Hall–Kier alpha value is -0.655. The Morgan fingerprint density at radius 3 is 2.47 bits per heavy atom. The highest BCUT2D eigenvalue weighted by molar-refractivity contribution is 8.00. The first-order chi connectivity index (χ1) is 7.96. The lowest BCUT2D eigenvalue weighted by Crippen LogP contribution is -2.15. The number of hydrogen-bond donors (Lipinski definition) is 0. The van der Waals surface area contributed by atoms with E-state index in [1.807, 2.05) is 7.85 Å². The average molecular weight is 262 g/mol. The van der Waals surface area contributed by atoms with E-state index in [2.05, 4.69) is 0 Å². The van der Waals surface area contributed by atoms with Crippen molar-refractivity contribution in [3.8, 4) is 0 Å². The number of alkyl halides is 3. The molecule has 0 amide bonds. The van der Waals surface area contributed by atoms with Gasteiger partial charge in [-0.15, -0.1) is 0 Å². The van der Waals surface area contributed by atoms with Crippen LogP contribution in [0.2, 0.25) is 0 Å². The van der Waals surface area contributed by atoms with Gasteiger partial charge in [0, 0.05) is 10.5 Å². The first kappa shape index (κ1) is 12.8. The quantitative estimate of drug-likeness (QED) is 0.595. The minimum Gasteiger partial charge on any atom is -0.346 e. The highest BCUT2D eigenvalue weighted by atomic mass is 32.2. The number of ether oxygens (including phenoxy) is 2. The molecule has 7 heteroatoms. The molecule has 1 fully saturated rings.